The zero-order chi connectivity index (χ0) is 23.6. The number of ether oxygens (including phenoxy) is 2. The highest BCUT2D eigenvalue weighted by Gasteiger charge is 2.36. The summed E-state index contributed by atoms with van der Waals surface area (Å²) < 4.78 is 38.0. The van der Waals surface area contributed by atoms with E-state index in [4.69, 9.17) is 9.47 Å². The summed E-state index contributed by atoms with van der Waals surface area (Å²) in [5.74, 6) is 1.05. The van der Waals surface area contributed by atoms with Crippen molar-refractivity contribution in [1.29, 1.82) is 0 Å². The van der Waals surface area contributed by atoms with Crippen molar-refractivity contribution >= 4 is 21.6 Å². The number of fused-ring (bicyclic) bond motifs is 1. The van der Waals surface area contributed by atoms with Crippen molar-refractivity contribution in [3.63, 3.8) is 0 Å². The molecule has 174 valence electrons. The number of nitrogens with zero attached hydrogens (tertiary/aromatic N) is 1. The molecule has 0 spiro atoms. The predicted molar refractivity (Wildman–Crippen MR) is 126 cm³/mol. The molecule has 0 aromatic heterocycles. The molecule has 0 bridgehead atoms. The van der Waals surface area contributed by atoms with Gasteiger partial charge in [0, 0.05) is 0 Å². The first-order chi connectivity index (χ1) is 15.1. The lowest BCUT2D eigenvalue weighted by Crippen LogP contribution is -2.51. The molecule has 0 aliphatic carbocycles. The summed E-state index contributed by atoms with van der Waals surface area (Å²) in [5, 5.41) is 3.00. The topological polar surface area (TPSA) is 84.9 Å². The van der Waals surface area contributed by atoms with Gasteiger partial charge < -0.3 is 14.8 Å². The zero-order valence-electron chi connectivity index (χ0n) is 19.5. The Balaban J connectivity index is 1.85. The Morgan fingerprint density at radius 1 is 1.22 bits per heavy atom. The van der Waals surface area contributed by atoms with Gasteiger partial charge >= 0.3 is 0 Å². The Hall–Kier alpha value is -2.74. The second-order valence-electron chi connectivity index (χ2n) is 8.34. The molecule has 2 atom stereocenters. The monoisotopic (exact) mass is 460 g/mol. The lowest BCUT2D eigenvalue weighted by molar-refractivity contribution is -0.128. The molecule has 1 aliphatic heterocycles. The Labute approximate surface area is 190 Å². The first-order valence-electron chi connectivity index (χ1n) is 10.8. The number of benzene rings is 2. The predicted octanol–water partition coefficient (Wildman–Crippen LogP) is 3.92. The Kier molecular flexibility index (Phi) is 7.03. The molecule has 2 aromatic rings. The van der Waals surface area contributed by atoms with E-state index in [1.54, 1.807) is 38.3 Å². The standard InChI is InChI=1S/C24H32N2O5S/c1-7-32(28,29)26-14-23(31-21-11-9-8-10-20(21)26)24(27)25-17(5)19-13-18(15(2)3)22(30-6)12-16(19)4/h8-13,15,17,23H,7,14H2,1-6H3,(H,25,27)/t17-,23-/m1/s1. The second kappa shape index (κ2) is 9.40. The first-order valence-corrected chi connectivity index (χ1v) is 12.4. The number of hydrogen-bond donors (Lipinski definition) is 1. The number of rotatable bonds is 7. The second-order valence-corrected chi connectivity index (χ2v) is 10.5. The zero-order valence-corrected chi connectivity index (χ0v) is 20.3. The number of nitrogens with one attached hydrogen (secondary N) is 1. The smallest absolute Gasteiger partial charge is 0.263 e. The van der Waals surface area contributed by atoms with Crippen molar-refractivity contribution < 1.29 is 22.7 Å². The van der Waals surface area contributed by atoms with Crippen molar-refractivity contribution in [2.45, 2.75) is 52.7 Å². The van der Waals surface area contributed by atoms with Crippen LogP contribution in [0.1, 0.15) is 56.3 Å². The maximum absolute atomic E-state index is 13.1. The van der Waals surface area contributed by atoms with Gasteiger partial charge in [-0.25, -0.2) is 8.42 Å². The van der Waals surface area contributed by atoms with Crippen LogP contribution in [0.4, 0.5) is 5.69 Å². The van der Waals surface area contributed by atoms with Crippen LogP contribution in [0.2, 0.25) is 0 Å². The molecule has 8 heteroatoms. The molecule has 0 saturated heterocycles. The Morgan fingerprint density at radius 3 is 2.53 bits per heavy atom. The molecule has 1 N–H and O–H groups in total. The molecule has 1 heterocycles. The van der Waals surface area contributed by atoms with Gasteiger partial charge in [-0.05, 0) is 67.6 Å². The van der Waals surface area contributed by atoms with E-state index < -0.39 is 16.1 Å². The summed E-state index contributed by atoms with van der Waals surface area (Å²) in [6, 6.07) is 10.6. The van der Waals surface area contributed by atoms with Gasteiger partial charge in [-0.15, -0.1) is 0 Å². The van der Waals surface area contributed by atoms with E-state index >= 15 is 0 Å². The van der Waals surface area contributed by atoms with Crippen LogP contribution in [0.3, 0.4) is 0 Å². The van der Waals surface area contributed by atoms with Gasteiger partial charge in [0.05, 0.1) is 31.1 Å². The van der Waals surface area contributed by atoms with Gasteiger partial charge in [0.2, 0.25) is 10.0 Å². The average molecular weight is 461 g/mol. The van der Waals surface area contributed by atoms with Crippen LogP contribution in [0.5, 0.6) is 11.5 Å². The minimum Gasteiger partial charge on any atom is -0.496 e. The van der Waals surface area contributed by atoms with E-state index in [1.807, 2.05) is 19.9 Å². The number of carbonyl (C=O) groups excluding carboxylic acids is 1. The maximum atomic E-state index is 13.1. The highest BCUT2D eigenvalue weighted by molar-refractivity contribution is 7.92. The highest BCUT2D eigenvalue weighted by atomic mass is 32.2. The lowest BCUT2D eigenvalue weighted by Gasteiger charge is -2.35. The normalized spacial score (nSPS) is 16.8. The van der Waals surface area contributed by atoms with E-state index in [0.717, 1.165) is 22.4 Å². The van der Waals surface area contributed by atoms with Crippen LogP contribution in [-0.4, -0.2) is 39.8 Å². The van der Waals surface area contributed by atoms with E-state index in [9.17, 15) is 13.2 Å². The fraction of sp³-hybridized carbons (Fsp3) is 0.458. The molecule has 7 nitrogen and oxygen atoms in total. The highest BCUT2D eigenvalue weighted by Crippen LogP contribution is 2.36. The van der Waals surface area contributed by atoms with Gasteiger partial charge in [0.15, 0.2) is 6.10 Å². The van der Waals surface area contributed by atoms with Gasteiger partial charge in [-0.2, -0.15) is 0 Å². The lowest BCUT2D eigenvalue weighted by atomic mass is 9.93. The minimum absolute atomic E-state index is 0.0604. The number of methoxy groups -OCH3 is 1. The van der Waals surface area contributed by atoms with Crippen molar-refractivity contribution in [3.05, 3.63) is 53.1 Å². The first kappa shape index (κ1) is 23.9. The third-order valence-corrected chi connectivity index (χ3v) is 7.54. The number of aryl methyl sites for hydroxylation is 1. The number of hydrogen-bond acceptors (Lipinski definition) is 5. The third-order valence-electron chi connectivity index (χ3n) is 5.79. The number of anilines is 1. The van der Waals surface area contributed by atoms with Gasteiger partial charge in [0.25, 0.3) is 5.91 Å². The van der Waals surface area contributed by atoms with Crippen LogP contribution in [0.25, 0.3) is 0 Å². The van der Waals surface area contributed by atoms with Crippen LogP contribution in [0, 0.1) is 6.92 Å². The Bertz CT molecular complexity index is 1100. The summed E-state index contributed by atoms with van der Waals surface area (Å²) in [4.78, 5) is 13.1. The minimum atomic E-state index is -3.55. The summed E-state index contributed by atoms with van der Waals surface area (Å²) in [6.45, 7) is 9.60. The SMILES string of the molecule is CCS(=O)(=O)N1C[C@H](C(=O)N[C@H](C)c2cc(C(C)C)c(OC)cc2C)Oc2ccccc21. The van der Waals surface area contributed by atoms with Crippen LogP contribution in [-0.2, 0) is 14.8 Å². The maximum Gasteiger partial charge on any atom is 0.263 e. The summed E-state index contributed by atoms with van der Waals surface area (Å²) in [5.41, 5.74) is 3.51. The molecule has 32 heavy (non-hydrogen) atoms. The van der Waals surface area contributed by atoms with Gasteiger partial charge in [-0.1, -0.05) is 26.0 Å². The summed E-state index contributed by atoms with van der Waals surface area (Å²) in [7, 11) is -1.90. The molecular formula is C24H32N2O5S. The van der Waals surface area contributed by atoms with Gasteiger partial charge in [0.1, 0.15) is 11.5 Å². The van der Waals surface area contributed by atoms with Crippen LogP contribution >= 0.6 is 0 Å². The summed E-state index contributed by atoms with van der Waals surface area (Å²) in [6.07, 6.45) is -0.947. The Morgan fingerprint density at radius 2 is 1.91 bits per heavy atom. The molecule has 0 fully saturated rings. The van der Waals surface area contributed by atoms with Crippen LogP contribution in [0.15, 0.2) is 36.4 Å². The number of para-hydroxylation sites is 2. The van der Waals surface area contributed by atoms with E-state index in [-0.39, 0.29) is 30.2 Å². The molecule has 1 aliphatic rings. The molecule has 0 radical (unpaired) electrons. The van der Waals surface area contributed by atoms with Crippen molar-refractivity contribution in [2.75, 3.05) is 23.7 Å². The fourth-order valence-corrected chi connectivity index (χ4v) is 5.08. The van der Waals surface area contributed by atoms with Gasteiger partial charge in [-0.3, -0.25) is 9.10 Å². The number of amides is 1. The number of carbonyl (C=O) groups is 1. The summed E-state index contributed by atoms with van der Waals surface area (Å²) >= 11 is 0. The average Bonchev–Trinajstić information content (AvgIpc) is 2.77. The van der Waals surface area contributed by atoms with Crippen molar-refractivity contribution in [2.24, 2.45) is 0 Å². The molecule has 0 unspecified atom stereocenters. The number of sulfonamides is 1. The quantitative estimate of drug-likeness (QED) is 0.677. The molecular weight excluding hydrogens is 428 g/mol. The molecule has 0 saturated carbocycles. The molecule has 3 rings (SSSR count). The van der Waals surface area contributed by atoms with E-state index in [0.29, 0.717) is 11.4 Å². The van der Waals surface area contributed by atoms with E-state index in [2.05, 4.69) is 25.2 Å². The van der Waals surface area contributed by atoms with E-state index in [1.165, 1.54) is 4.31 Å². The van der Waals surface area contributed by atoms with Crippen molar-refractivity contribution in [3.8, 4) is 11.5 Å². The molecule has 1 amide bonds. The van der Waals surface area contributed by atoms with Crippen molar-refractivity contribution in [1.82, 2.24) is 5.32 Å². The molecule has 2 aromatic carbocycles. The largest absolute Gasteiger partial charge is 0.496 e. The van der Waals surface area contributed by atoms with Crippen LogP contribution < -0.4 is 19.1 Å². The third kappa shape index (κ3) is 4.70. The fourth-order valence-electron chi connectivity index (χ4n) is 3.95.